The summed E-state index contributed by atoms with van der Waals surface area (Å²) in [5.74, 6) is -0.123. The Hall–Kier alpha value is -2.82. The van der Waals surface area contributed by atoms with Crippen LogP contribution >= 0.6 is 0 Å². The van der Waals surface area contributed by atoms with Crippen molar-refractivity contribution in [1.82, 2.24) is 9.55 Å². The molecule has 0 atom stereocenters. The second kappa shape index (κ2) is 5.28. The molecule has 0 fully saturated rings. The van der Waals surface area contributed by atoms with Gasteiger partial charge in [-0.25, -0.2) is 9.78 Å². The SMILES string of the molecule is COc1ccc(Cn2cnc3cc(C(=O)O)ccc32)cc1. The molecule has 0 aliphatic carbocycles. The molecule has 3 aromatic rings. The lowest BCUT2D eigenvalue weighted by Gasteiger charge is -2.06. The number of fused-ring (bicyclic) bond motifs is 1. The van der Waals surface area contributed by atoms with Crippen LogP contribution in [0.2, 0.25) is 0 Å². The Morgan fingerprint density at radius 2 is 2.00 bits per heavy atom. The molecule has 1 N–H and O–H groups in total. The average Bonchev–Trinajstić information content (AvgIpc) is 2.90. The zero-order valence-electron chi connectivity index (χ0n) is 11.5. The van der Waals surface area contributed by atoms with E-state index < -0.39 is 5.97 Å². The molecule has 0 aliphatic rings. The standard InChI is InChI=1S/C16H14N2O3/c1-21-13-5-2-11(3-6-13)9-18-10-17-14-8-12(16(19)20)4-7-15(14)18/h2-8,10H,9H2,1H3,(H,19,20). The first-order chi connectivity index (χ1) is 10.2. The molecule has 1 heterocycles. The number of hydrogen-bond acceptors (Lipinski definition) is 3. The zero-order valence-corrected chi connectivity index (χ0v) is 11.5. The number of methoxy groups -OCH3 is 1. The molecule has 0 radical (unpaired) electrons. The van der Waals surface area contributed by atoms with Crippen LogP contribution in [0.3, 0.4) is 0 Å². The third kappa shape index (κ3) is 2.58. The largest absolute Gasteiger partial charge is 0.497 e. The van der Waals surface area contributed by atoms with Crippen molar-refractivity contribution < 1.29 is 14.6 Å². The van der Waals surface area contributed by atoms with Gasteiger partial charge in [-0.1, -0.05) is 12.1 Å². The van der Waals surface area contributed by atoms with Crippen LogP contribution in [-0.4, -0.2) is 27.7 Å². The first-order valence-electron chi connectivity index (χ1n) is 6.48. The monoisotopic (exact) mass is 282 g/mol. The summed E-state index contributed by atoms with van der Waals surface area (Å²) in [6.45, 7) is 0.674. The van der Waals surface area contributed by atoms with Gasteiger partial charge in [0.05, 0.1) is 30.0 Å². The summed E-state index contributed by atoms with van der Waals surface area (Å²) in [7, 11) is 1.64. The van der Waals surface area contributed by atoms with Gasteiger partial charge in [-0.2, -0.15) is 0 Å². The molecular formula is C16H14N2O3. The van der Waals surface area contributed by atoms with E-state index in [9.17, 15) is 4.79 Å². The van der Waals surface area contributed by atoms with E-state index >= 15 is 0 Å². The maximum Gasteiger partial charge on any atom is 0.335 e. The summed E-state index contributed by atoms with van der Waals surface area (Å²) < 4.78 is 7.12. The van der Waals surface area contributed by atoms with E-state index in [4.69, 9.17) is 9.84 Å². The van der Waals surface area contributed by atoms with Gasteiger partial charge >= 0.3 is 5.97 Å². The quantitative estimate of drug-likeness (QED) is 0.799. The molecule has 0 unspecified atom stereocenters. The van der Waals surface area contributed by atoms with Crippen LogP contribution in [-0.2, 0) is 6.54 Å². The lowest BCUT2D eigenvalue weighted by atomic mass is 10.2. The predicted molar refractivity (Wildman–Crippen MR) is 78.8 cm³/mol. The Kier molecular flexibility index (Phi) is 3.31. The zero-order chi connectivity index (χ0) is 14.8. The summed E-state index contributed by atoms with van der Waals surface area (Å²) in [5, 5.41) is 8.99. The molecule has 106 valence electrons. The number of ether oxygens (including phenoxy) is 1. The highest BCUT2D eigenvalue weighted by Crippen LogP contribution is 2.18. The second-order valence-corrected chi connectivity index (χ2v) is 4.73. The van der Waals surface area contributed by atoms with E-state index in [0.717, 1.165) is 16.8 Å². The minimum absolute atomic E-state index is 0.247. The van der Waals surface area contributed by atoms with Gasteiger partial charge < -0.3 is 14.4 Å². The molecule has 0 spiro atoms. The van der Waals surface area contributed by atoms with Crippen LogP contribution in [0.5, 0.6) is 5.75 Å². The number of aromatic carboxylic acids is 1. The smallest absolute Gasteiger partial charge is 0.335 e. The highest BCUT2D eigenvalue weighted by atomic mass is 16.5. The van der Waals surface area contributed by atoms with Crippen LogP contribution in [0.25, 0.3) is 11.0 Å². The molecule has 5 nitrogen and oxygen atoms in total. The number of carboxylic acid groups (broad SMARTS) is 1. The highest BCUT2D eigenvalue weighted by molar-refractivity contribution is 5.92. The number of imidazole rings is 1. The van der Waals surface area contributed by atoms with Crippen LogP contribution < -0.4 is 4.74 Å². The summed E-state index contributed by atoms with van der Waals surface area (Å²) in [4.78, 5) is 15.2. The molecule has 0 bridgehead atoms. The number of carbonyl (C=O) groups is 1. The fourth-order valence-corrected chi connectivity index (χ4v) is 2.25. The third-order valence-electron chi connectivity index (χ3n) is 3.38. The predicted octanol–water partition coefficient (Wildman–Crippen LogP) is 2.79. The first-order valence-corrected chi connectivity index (χ1v) is 6.48. The number of nitrogens with zero attached hydrogens (tertiary/aromatic N) is 2. The van der Waals surface area contributed by atoms with Crippen molar-refractivity contribution in [3.63, 3.8) is 0 Å². The van der Waals surface area contributed by atoms with Crippen molar-refractivity contribution in [3.8, 4) is 5.75 Å². The molecule has 5 heteroatoms. The van der Waals surface area contributed by atoms with Gasteiger partial charge in [-0.15, -0.1) is 0 Å². The van der Waals surface area contributed by atoms with Crippen molar-refractivity contribution in [2.45, 2.75) is 6.54 Å². The summed E-state index contributed by atoms with van der Waals surface area (Å²) in [5.41, 5.74) is 2.97. The van der Waals surface area contributed by atoms with Crippen molar-refractivity contribution >= 4 is 17.0 Å². The Morgan fingerprint density at radius 1 is 1.24 bits per heavy atom. The number of rotatable bonds is 4. The van der Waals surface area contributed by atoms with Crippen molar-refractivity contribution in [3.05, 3.63) is 59.9 Å². The van der Waals surface area contributed by atoms with Crippen LogP contribution in [0, 0.1) is 0 Å². The third-order valence-corrected chi connectivity index (χ3v) is 3.38. The molecular weight excluding hydrogens is 268 g/mol. The summed E-state index contributed by atoms with van der Waals surface area (Å²) in [6.07, 6.45) is 1.72. The highest BCUT2D eigenvalue weighted by Gasteiger charge is 2.08. The topological polar surface area (TPSA) is 64.4 Å². The summed E-state index contributed by atoms with van der Waals surface area (Å²) >= 11 is 0. The second-order valence-electron chi connectivity index (χ2n) is 4.73. The average molecular weight is 282 g/mol. The van der Waals surface area contributed by atoms with E-state index in [2.05, 4.69) is 4.98 Å². The van der Waals surface area contributed by atoms with Crippen molar-refractivity contribution in [2.75, 3.05) is 7.11 Å². The molecule has 21 heavy (non-hydrogen) atoms. The molecule has 0 aliphatic heterocycles. The lowest BCUT2D eigenvalue weighted by molar-refractivity contribution is 0.0697. The van der Waals surface area contributed by atoms with Gasteiger partial charge in [-0.05, 0) is 35.9 Å². The van der Waals surface area contributed by atoms with E-state index in [-0.39, 0.29) is 5.56 Å². The van der Waals surface area contributed by atoms with Gasteiger partial charge in [0.2, 0.25) is 0 Å². The molecule has 2 aromatic carbocycles. The fraction of sp³-hybridized carbons (Fsp3) is 0.125. The number of benzene rings is 2. The van der Waals surface area contributed by atoms with Crippen LogP contribution in [0.1, 0.15) is 15.9 Å². The first kappa shape index (κ1) is 13.2. The van der Waals surface area contributed by atoms with Gasteiger partial charge in [-0.3, -0.25) is 0 Å². The van der Waals surface area contributed by atoms with Crippen molar-refractivity contribution in [2.24, 2.45) is 0 Å². The molecule has 0 saturated heterocycles. The van der Waals surface area contributed by atoms with Crippen LogP contribution in [0.15, 0.2) is 48.8 Å². The van der Waals surface area contributed by atoms with Gasteiger partial charge in [0.1, 0.15) is 5.75 Å². The molecule has 3 rings (SSSR count). The number of hydrogen-bond donors (Lipinski definition) is 1. The maximum atomic E-state index is 11.0. The van der Waals surface area contributed by atoms with Gasteiger partial charge in [0.15, 0.2) is 0 Å². The molecule has 0 saturated carbocycles. The lowest BCUT2D eigenvalue weighted by Crippen LogP contribution is -1.99. The molecule has 1 aromatic heterocycles. The van der Waals surface area contributed by atoms with E-state index in [0.29, 0.717) is 12.1 Å². The number of carboxylic acids is 1. The van der Waals surface area contributed by atoms with Crippen LogP contribution in [0.4, 0.5) is 0 Å². The van der Waals surface area contributed by atoms with E-state index in [1.807, 2.05) is 28.8 Å². The minimum Gasteiger partial charge on any atom is -0.497 e. The Morgan fingerprint density at radius 3 is 2.67 bits per heavy atom. The fourth-order valence-electron chi connectivity index (χ4n) is 2.25. The van der Waals surface area contributed by atoms with E-state index in [1.54, 1.807) is 31.6 Å². The molecule has 0 amide bonds. The Labute approximate surface area is 121 Å². The number of aromatic nitrogens is 2. The van der Waals surface area contributed by atoms with Gasteiger partial charge in [0, 0.05) is 6.54 Å². The van der Waals surface area contributed by atoms with Gasteiger partial charge in [0.25, 0.3) is 0 Å². The maximum absolute atomic E-state index is 11.0. The Balaban J connectivity index is 1.91. The Bertz CT molecular complexity index is 791. The van der Waals surface area contributed by atoms with E-state index in [1.165, 1.54) is 0 Å². The minimum atomic E-state index is -0.943. The normalized spacial score (nSPS) is 10.7. The summed E-state index contributed by atoms with van der Waals surface area (Å²) in [6, 6.07) is 12.8. The van der Waals surface area contributed by atoms with Crippen molar-refractivity contribution in [1.29, 1.82) is 0 Å².